The highest BCUT2D eigenvalue weighted by Crippen LogP contribution is 2.26. The quantitative estimate of drug-likeness (QED) is 0.676. The summed E-state index contributed by atoms with van der Waals surface area (Å²) in [4.78, 5) is 40.6. The van der Waals surface area contributed by atoms with Gasteiger partial charge in [-0.25, -0.2) is 15.0 Å². The molecule has 1 aliphatic rings. The molecule has 0 bridgehead atoms. The minimum atomic E-state index is -0.302. The van der Waals surface area contributed by atoms with E-state index in [0.29, 0.717) is 22.4 Å². The third kappa shape index (κ3) is 5.41. The first-order valence-corrected chi connectivity index (χ1v) is 11.4. The molecule has 3 heterocycles. The molecule has 1 fully saturated rings. The fourth-order valence-electron chi connectivity index (χ4n) is 4.13. The van der Waals surface area contributed by atoms with Crippen LogP contribution in [0.25, 0.3) is 0 Å². The number of hydrogen-bond acceptors (Lipinski definition) is 7. The molecule has 2 aromatic heterocycles. The van der Waals surface area contributed by atoms with Gasteiger partial charge in [-0.15, -0.1) is 11.3 Å². The van der Waals surface area contributed by atoms with Gasteiger partial charge in [0.2, 0.25) is 5.91 Å². The number of piperidine rings is 1. The number of aryl methyl sites for hydroxylation is 3. The zero-order valence-corrected chi connectivity index (χ0v) is 19.1. The van der Waals surface area contributed by atoms with E-state index in [4.69, 9.17) is 5.73 Å². The highest BCUT2D eigenvalue weighted by molar-refractivity contribution is 7.13. The molecule has 1 amide bonds. The largest absolute Gasteiger partial charge is 0.383 e. The standard InChI is InChI=1S/C22H31N5O2S/c1-13(11-19(28)20-12-24-16(4)30-20)22(29)27-9-7-17(8-10-27)5-6-18-14(2)25-15(3)26-21(18)23/h12-13,17H,5-11H2,1-4H3,(H2,23,25,26)/t13-/m1/s1. The summed E-state index contributed by atoms with van der Waals surface area (Å²) in [6, 6.07) is 0. The van der Waals surface area contributed by atoms with Crippen LogP contribution in [0.1, 0.15) is 64.4 Å². The Balaban J connectivity index is 1.46. The molecule has 3 rings (SSSR count). The van der Waals surface area contributed by atoms with Crippen LogP contribution >= 0.6 is 11.3 Å². The van der Waals surface area contributed by atoms with Gasteiger partial charge in [0.05, 0.1) is 9.88 Å². The number of nitrogens with two attached hydrogens (primary N) is 1. The number of anilines is 1. The summed E-state index contributed by atoms with van der Waals surface area (Å²) in [6.07, 6.45) is 5.71. The van der Waals surface area contributed by atoms with Gasteiger partial charge in [0.1, 0.15) is 11.6 Å². The van der Waals surface area contributed by atoms with Gasteiger partial charge in [0, 0.05) is 42.9 Å². The van der Waals surface area contributed by atoms with E-state index in [-0.39, 0.29) is 24.0 Å². The minimum Gasteiger partial charge on any atom is -0.383 e. The number of Topliss-reactive ketones (excluding diaryl/α,β-unsaturated/α-hetero) is 1. The molecule has 0 spiro atoms. The molecule has 1 saturated heterocycles. The van der Waals surface area contributed by atoms with Crippen LogP contribution < -0.4 is 5.73 Å². The van der Waals surface area contributed by atoms with Crippen LogP contribution in [0, 0.1) is 32.6 Å². The Morgan fingerprint density at radius 2 is 1.93 bits per heavy atom. The lowest BCUT2D eigenvalue weighted by Gasteiger charge is -2.33. The molecule has 0 saturated carbocycles. The van der Waals surface area contributed by atoms with E-state index in [9.17, 15) is 9.59 Å². The van der Waals surface area contributed by atoms with Crippen molar-refractivity contribution >= 4 is 28.8 Å². The number of hydrogen-bond donors (Lipinski definition) is 1. The Morgan fingerprint density at radius 3 is 2.53 bits per heavy atom. The number of likely N-dealkylation sites (tertiary alicyclic amines) is 1. The molecule has 2 aromatic rings. The van der Waals surface area contributed by atoms with E-state index in [0.717, 1.165) is 55.0 Å². The summed E-state index contributed by atoms with van der Waals surface area (Å²) < 4.78 is 0. The predicted molar refractivity (Wildman–Crippen MR) is 119 cm³/mol. The van der Waals surface area contributed by atoms with E-state index in [1.165, 1.54) is 11.3 Å². The fraction of sp³-hybridized carbons (Fsp3) is 0.591. The molecule has 0 aromatic carbocycles. The molecule has 2 N–H and O–H groups in total. The van der Waals surface area contributed by atoms with Gasteiger partial charge in [-0.1, -0.05) is 6.92 Å². The number of carbonyl (C=O) groups excluding carboxylic acids is 2. The Bertz CT molecular complexity index is 895. The van der Waals surface area contributed by atoms with Crippen molar-refractivity contribution in [2.75, 3.05) is 18.8 Å². The number of ketones is 1. The third-order valence-corrected chi connectivity index (χ3v) is 6.85. The molecule has 7 nitrogen and oxygen atoms in total. The van der Waals surface area contributed by atoms with Crippen molar-refractivity contribution in [3.63, 3.8) is 0 Å². The van der Waals surface area contributed by atoms with Crippen molar-refractivity contribution < 1.29 is 9.59 Å². The Hall–Kier alpha value is -2.35. The number of thiazole rings is 1. The second-order valence-electron chi connectivity index (χ2n) is 8.30. The Kier molecular flexibility index (Phi) is 7.18. The second-order valence-corrected chi connectivity index (χ2v) is 9.53. The van der Waals surface area contributed by atoms with Gasteiger partial charge < -0.3 is 10.6 Å². The first-order chi connectivity index (χ1) is 14.2. The molecule has 162 valence electrons. The third-order valence-electron chi connectivity index (χ3n) is 5.90. The lowest BCUT2D eigenvalue weighted by molar-refractivity contribution is -0.136. The van der Waals surface area contributed by atoms with E-state index in [1.54, 1.807) is 6.20 Å². The summed E-state index contributed by atoms with van der Waals surface area (Å²) >= 11 is 1.39. The molecule has 30 heavy (non-hydrogen) atoms. The predicted octanol–water partition coefficient (Wildman–Crippen LogP) is 3.52. The molecule has 1 atom stereocenters. The number of nitrogen functional groups attached to an aromatic ring is 1. The lowest BCUT2D eigenvalue weighted by atomic mass is 9.89. The summed E-state index contributed by atoms with van der Waals surface area (Å²) in [5.41, 5.74) is 8.09. The van der Waals surface area contributed by atoms with Crippen molar-refractivity contribution in [1.29, 1.82) is 0 Å². The fourth-order valence-corrected chi connectivity index (χ4v) is 4.86. The van der Waals surface area contributed by atoms with Gasteiger partial charge in [-0.2, -0.15) is 0 Å². The van der Waals surface area contributed by atoms with Crippen molar-refractivity contribution in [3.05, 3.63) is 33.2 Å². The van der Waals surface area contributed by atoms with E-state index >= 15 is 0 Å². The maximum absolute atomic E-state index is 12.8. The number of carbonyl (C=O) groups is 2. The van der Waals surface area contributed by atoms with Crippen LogP contribution in [0.5, 0.6) is 0 Å². The highest BCUT2D eigenvalue weighted by atomic mass is 32.1. The van der Waals surface area contributed by atoms with Crippen molar-refractivity contribution in [2.24, 2.45) is 11.8 Å². The topological polar surface area (TPSA) is 102 Å². The molecular formula is C22H31N5O2S. The Morgan fingerprint density at radius 1 is 1.23 bits per heavy atom. The molecule has 0 unspecified atom stereocenters. The minimum absolute atomic E-state index is 0.00427. The lowest BCUT2D eigenvalue weighted by Crippen LogP contribution is -2.41. The van der Waals surface area contributed by atoms with Crippen LogP contribution in [0.2, 0.25) is 0 Å². The van der Waals surface area contributed by atoms with Crippen LogP contribution in [-0.4, -0.2) is 44.6 Å². The van der Waals surface area contributed by atoms with E-state index in [2.05, 4.69) is 15.0 Å². The second kappa shape index (κ2) is 9.64. The Labute approximate surface area is 182 Å². The van der Waals surface area contributed by atoms with Gasteiger partial charge in [-0.05, 0) is 52.4 Å². The van der Waals surface area contributed by atoms with Gasteiger partial charge >= 0.3 is 0 Å². The van der Waals surface area contributed by atoms with Gasteiger partial charge in [-0.3, -0.25) is 9.59 Å². The summed E-state index contributed by atoms with van der Waals surface area (Å²) in [5.74, 6) is 1.63. The number of rotatable bonds is 7. The first kappa shape index (κ1) is 22.3. The zero-order valence-electron chi connectivity index (χ0n) is 18.3. The molecule has 0 aliphatic carbocycles. The highest BCUT2D eigenvalue weighted by Gasteiger charge is 2.28. The van der Waals surface area contributed by atoms with Gasteiger partial charge in [0.15, 0.2) is 5.78 Å². The normalized spacial score (nSPS) is 15.9. The number of amides is 1. The van der Waals surface area contributed by atoms with Crippen LogP contribution in [-0.2, 0) is 11.2 Å². The maximum Gasteiger partial charge on any atom is 0.225 e. The van der Waals surface area contributed by atoms with Crippen molar-refractivity contribution in [3.8, 4) is 0 Å². The molecule has 8 heteroatoms. The summed E-state index contributed by atoms with van der Waals surface area (Å²) in [7, 11) is 0. The van der Waals surface area contributed by atoms with E-state index < -0.39 is 0 Å². The molecular weight excluding hydrogens is 398 g/mol. The average molecular weight is 430 g/mol. The van der Waals surface area contributed by atoms with Crippen molar-refractivity contribution in [1.82, 2.24) is 19.9 Å². The maximum atomic E-state index is 12.8. The summed E-state index contributed by atoms with van der Waals surface area (Å²) in [6.45, 7) is 9.07. The SMILES string of the molecule is Cc1nc(C)c(CCC2CCN(C(=O)[C@H](C)CC(=O)c3cnc(C)s3)CC2)c(N)n1. The zero-order chi connectivity index (χ0) is 21.8. The first-order valence-electron chi connectivity index (χ1n) is 10.6. The van der Waals surface area contributed by atoms with Crippen LogP contribution in [0.15, 0.2) is 6.20 Å². The monoisotopic (exact) mass is 429 g/mol. The van der Waals surface area contributed by atoms with Crippen LogP contribution in [0.3, 0.4) is 0 Å². The number of aromatic nitrogens is 3. The van der Waals surface area contributed by atoms with Crippen molar-refractivity contribution in [2.45, 2.75) is 59.8 Å². The average Bonchev–Trinajstić information content (AvgIpc) is 3.13. The number of nitrogens with zero attached hydrogens (tertiary/aromatic N) is 4. The smallest absolute Gasteiger partial charge is 0.225 e. The summed E-state index contributed by atoms with van der Waals surface area (Å²) in [5, 5.41) is 0.869. The van der Waals surface area contributed by atoms with E-state index in [1.807, 2.05) is 32.6 Å². The van der Waals surface area contributed by atoms with Gasteiger partial charge in [0.25, 0.3) is 0 Å². The molecule has 1 aliphatic heterocycles. The van der Waals surface area contributed by atoms with Crippen LogP contribution in [0.4, 0.5) is 5.82 Å². The molecule has 0 radical (unpaired) electrons.